The van der Waals surface area contributed by atoms with Gasteiger partial charge in [0.25, 0.3) is 0 Å². The van der Waals surface area contributed by atoms with Crippen LogP contribution >= 0.6 is 11.6 Å². The molecule has 0 aliphatic carbocycles. The van der Waals surface area contributed by atoms with Crippen LogP contribution in [0.2, 0.25) is 5.02 Å². The molecular weight excluding hydrogens is 322 g/mol. The van der Waals surface area contributed by atoms with Crippen molar-refractivity contribution in [3.63, 3.8) is 0 Å². The second-order valence-corrected chi connectivity index (χ2v) is 6.07. The third-order valence-corrected chi connectivity index (χ3v) is 4.28. The van der Waals surface area contributed by atoms with Crippen LogP contribution in [0.3, 0.4) is 0 Å². The first kappa shape index (κ1) is 16.7. The van der Waals surface area contributed by atoms with E-state index in [-0.39, 0.29) is 0 Å². The summed E-state index contributed by atoms with van der Waals surface area (Å²) in [4.78, 5) is 2.36. The number of anilines is 1. The zero-order valence-electron chi connectivity index (χ0n) is 13.9. The standard InChI is InChI=1S/C19H22ClN3O/c1-2-24-19-6-4-3-5-16(19)15-21-23-13-11-22(12-14-23)18-9-7-17(20)8-10-18/h3-10,15H,2,11-14H2,1H3/b21-15+. The molecule has 0 unspecified atom stereocenters. The van der Waals surface area contributed by atoms with Gasteiger partial charge in [0.05, 0.1) is 25.9 Å². The van der Waals surface area contributed by atoms with Crippen molar-refractivity contribution in [1.29, 1.82) is 0 Å². The van der Waals surface area contributed by atoms with Crippen LogP contribution in [0.1, 0.15) is 12.5 Å². The van der Waals surface area contributed by atoms with Gasteiger partial charge in [0.1, 0.15) is 5.75 Å². The van der Waals surface area contributed by atoms with E-state index in [2.05, 4.69) is 27.1 Å². The molecule has 0 aromatic heterocycles. The van der Waals surface area contributed by atoms with Crippen molar-refractivity contribution in [2.24, 2.45) is 5.10 Å². The molecule has 0 saturated carbocycles. The first-order valence-electron chi connectivity index (χ1n) is 8.27. The van der Waals surface area contributed by atoms with Crippen LogP contribution in [-0.4, -0.2) is 44.0 Å². The molecule has 0 amide bonds. The molecule has 0 spiro atoms. The van der Waals surface area contributed by atoms with E-state index in [9.17, 15) is 0 Å². The molecule has 2 aromatic rings. The Kier molecular flexibility index (Phi) is 5.59. The van der Waals surface area contributed by atoms with E-state index in [1.807, 2.05) is 49.5 Å². The molecule has 0 N–H and O–H groups in total. The molecular formula is C19H22ClN3O. The average Bonchev–Trinajstić information content (AvgIpc) is 2.62. The Bertz CT molecular complexity index is 679. The summed E-state index contributed by atoms with van der Waals surface area (Å²) in [6.45, 7) is 6.35. The maximum absolute atomic E-state index is 5.95. The summed E-state index contributed by atoms with van der Waals surface area (Å²) in [5.74, 6) is 0.878. The van der Waals surface area contributed by atoms with Crippen molar-refractivity contribution in [3.05, 3.63) is 59.1 Å². The lowest BCUT2D eigenvalue weighted by Crippen LogP contribution is -2.44. The molecule has 2 aromatic carbocycles. The molecule has 0 bridgehead atoms. The highest BCUT2D eigenvalue weighted by molar-refractivity contribution is 6.30. The van der Waals surface area contributed by atoms with E-state index in [0.717, 1.165) is 42.5 Å². The first-order chi connectivity index (χ1) is 11.8. The maximum atomic E-state index is 5.95. The Morgan fingerprint density at radius 3 is 2.46 bits per heavy atom. The van der Waals surface area contributed by atoms with E-state index in [1.165, 1.54) is 5.69 Å². The summed E-state index contributed by atoms with van der Waals surface area (Å²) in [7, 11) is 0. The Balaban J connectivity index is 1.58. The van der Waals surface area contributed by atoms with Gasteiger partial charge in [-0.3, -0.25) is 5.01 Å². The molecule has 1 aliphatic heterocycles. The number of para-hydroxylation sites is 1. The van der Waals surface area contributed by atoms with E-state index in [4.69, 9.17) is 16.3 Å². The van der Waals surface area contributed by atoms with Crippen molar-refractivity contribution in [3.8, 4) is 5.75 Å². The van der Waals surface area contributed by atoms with Gasteiger partial charge in [-0.25, -0.2) is 0 Å². The first-order valence-corrected chi connectivity index (χ1v) is 8.65. The van der Waals surface area contributed by atoms with Crippen LogP contribution in [0.4, 0.5) is 5.69 Å². The lowest BCUT2D eigenvalue weighted by atomic mass is 10.2. The van der Waals surface area contributed by atoms with Crippen molar-refractivity contribution in [1.82, 2.24) is 5.01 Å². The predicted molar refractivity (Wildman–Crippen MR) is 100 cm³/mol. The summed E-state index contributed by atoms with van der Waals surface area (Å²) >= 11 is 5.95. The van der Waals surface area contributed by atoms with Gasteiger partial charge in [-0.2, -0.15) is 5.10 Å². The molecule has 1 saturated heterocycles. The highest BCUT2D eigenvalue weighted by atomic mass is 35.5. The molecule has 4 nitrogen and oxygen atoms in total. The number of rotatable bonds is 5. The Labute approximate surface area is 148 Å². The van der Waals surface area contributed by atoms with Gasteiger partial charge in [-0.05, 0) is 43.3 Å². The number of hydrazone groups is 1. The smallest absolute Gasteiger partial charge is 0.128 e. The Hall–Kier alpha value is -2.20. The van der Waals surface area contributed by atoms with Crippen LogP contribution in [0, 0.1) is 0 Å². The van der Waals surface area contributed by atoms with Crippen LogP contribution in [0.25, 0.3) is 0 Å². The predicted octanol–water partition coefficient (Wildman–Crippen LogP) is 3.89. The van der Waals surface area contributed by atoms with Gasteiger partial charge in [0, 0.05) is 29.4 Å². The van der Waals surface area contributed by atoms with Crippen LogP contribution in [-0.2, 0) is 0 Å². The second kappa shape index (κ2) is 8.06. The fourth-order valence-electron chi connectivity index (χ4n) is 2.74. The molecule has 1 aliphatic rings. The molecule has 0 radical (unpaired) electrons. The van der Waals surface area contributed by atoms with Crippen molar-refractivity contribution in [2.75, 3.05) is 37.7 Å². The number of hydrogen-bond acceptors (Lipinski definition) is 4. The lowest BCUT2D eigenvalue weighted by molar-refractivity contribution is 0.272. The molecule has 3 rings (SSSR count). The molecule has 126 valence electrons. The van der Waals surface area contributed by atoms with Gasteiger partial charge < -0.3 is 9.64 Å². The van der Waals surface area contributed by atoms with E-state index in [1.54, 1.807) is 0 Å². The third-order valence-electron chi connectivity index (χ3n) is 4.03. The maximum Gasteiger partial charge on any atom is 0.128 e. The number of ether oxygens (including phenoxy) is 1. The minimum Gasteiger partial charge on any atom is -0.493 e. The minimum atomic E-state index is 0.657. The van der Waals surface area contributed by atoms with Crippen LogP contribution in [0.5, 0.6) is 5.75 Å². The Morgan fingerprint density at radius 2 is 1.75 bits per heavy atom. The lowest BCUT2D eigenvalue weighted by Gasteiger charge is -2.34. The SMILES string of the molecule is CCOc1ccccc1/C=N/N1CCN(c2ccc(Cl)cc2)CC1. The number of halogens is 1. The molecule has 5 heteroatoms. The Morgan fingerprint density at radius 1 is 1.04 bits per heavy atom. The summed E-state index contributed by atoms with van der Waals surface area (Å²) < 4.78 is 5.63. The van der Waals surface area contributed by atoms with Gasteiger partial charge >= 0.3 is 0 Å². The normalized spacial score (nSPS) is 15.1. The van der Waals surface area contributed by atoms with Gasteiger partial charge in [0.15, 0.2) is 0 Å². The monoisotopic (exact) mass is 343 g/mol. The molecule has 24 heavy (non-hydrogen) atoms. The van der Waals surface area contributed by atoms with E-state index < -0.39 is 0 Å². The third kappa shape index (κ3) is 4.20. The summed E-state index contributed by atoms with van der Waals surface area (Å²) in [6, 6.07) is 16.0. The highest BCUT2D eigenvalue weighted by Gasteiger charge is 2.15. The van der Waals surface area contributed by atoms with Gasteiger partial charge in [-0.15, -0.1) is 0 Å². The molecule has 0 atom stereocenters. The van der Waals surface area contributed by atoms with Crippen molar-refractivity contribution in [2.45, 2.75) is 6.92 Å². The number of benzene rings is 2. The fourth-order valence-corrected chi connectivity index (χ4v) is 2.87. The summed E-state index contributed by atoms with van der Waals surface area (Å²) in [5.41, 5.74) is 2.23. The summed E-state index contributed by atoms with van der Waals surface area (Å²) in [5, 5.41) is 7.50. The van der Waals surface area contributed by atoms with Crippen molar-refractivity contribution >= 4 is 23.5 Å². The van der Waals surface area contributed by atoms with Crippen molar-refractivity contribution < 1.29 is 4.74 Å². The fraction of sp³-hybridized carbons (Fsp3) is 0.316. The van der Waals surface area contributed by atoms with E-state index >= 15 is 0 Å². The molecule has 1 fully saturated rings. The van der Waals surface area contributed by atoms with E-state index in [0.29, 0.717) is 6.61 Å². The zero-order chi connectivity index (χ0) is 16.8. The number of nitrogens with zero attached hydrogens (tertiary/aromatic N) is 3. The zero-order valence-corrected chi connectivity index (χ0v) is 14.6. The van der Waals surface area contributed by atoms with Gasteiger partial charge in [-0.1, -0.05) is 23.7 Å². The topological polar surface area (TPSA) is 28.1 Å². The largest absolute Gasteiger partial charge is 0.493 e. The average molecular weight is 344 g/mol. The van der Waals surface area contributed by atoms with Gasteiger partial charge in [0.2, 0.25) is 0 Å². The number of hydrogen-bond donors (Lipinski definition) is 0. The second-order valence-electron chi connectivity index (χ2n) is 5.63. The quantitative estimate of drug-likeness (QED) is 0.771. The van der Waals surface area contributed by atoms with Crippen LogP contribution < -0.4 is 9.64 Å². The van der Waals surface area contributed by atoms with Crippen LogP contribution in [0.15, 0.2) is 53.6 Å². The minimum absolute atomic E-state index is 0.657. The molecule has 1 heterocycles. The highest BCUT2D eigenvalue weighted by Crippen LogP contribution is 2.20. The number of piperazine rings is 1. The summed E-state index contributed by atoms with van der Waals surface area (Å²) in [6.07, 6.45) is 1.89.